The first-order chi connectivity index (χ1) is 8.16. The van der Waals surface area contributed by atoms with Gasteiger partial charge in [-0.05, 0) is 6.07 Å². The molecule has 7 heteroatoms. The summed E-state index contributed by atoms with van der Waals surface area (Å²) in [6.45, 7) is 0. The minimum Gasteiger partial charge on any atom is -0.481 e. The Hall–Kier alpha value is -2.31. The minimum atomic E-state index is -0.866. The quantitative estimate of drug-likeness (QED) is 0.815. The van der Waals surface area contributed by atoms with Crippen LogP contribution in [-0.2, 0) is 18.3 Å². The molecule has 0 radical (unpaired) electrons. The highest BCUT2D eigenvalue weighted by molar-refractivity contribution is 5.66. The van der Waals surface area contributed by atoms with E-state index in [9.17, 15) is 4.79 Å². The van der Waals surface area contributed by atoms with Crippen LogP contribution in [0, 0.1) is 0 Å². The van der Waals surface area contributed by atoms with Crippen LogP contribution in [0.15, 0.2) is 18.5 Å². The van der Waals surface area contributed by atoms with Gasteiger partial charge in [0.2, 0.25) is 0 Å². The highest BCUT2D eigenvalue weighted by Gasteiger charge is 2.12. The van der Waals surface area contributed by atoms with E-state index in [-0.39, 0.29) is 6.42 Å². The molecule has 0 unspecified atom stereocenters. The van der Waals surface area contributed by atoms with Crippen molar-refractivity contribution in [3.05, 3.63) is 24.3 Å². The van der Waals surface area contributed by atoms with Gasteiger partial charge in [0, 0.05) is 25.9 Å². The maximum atomic E-state index is 10.4. The molecule has 2 rings (SSSR count). The van der Waals surface area contributed by atoms with Gasteiger partial charge in [0.15, 0.2) is 17.5 Å². The lowest BCUT2D eigenvalue weighted by Crippen LogP contribution is -1.99. The van der Waals surface area contributed by atoms with Gasteiger partial charge in [-0.15, -0.1) is 0 Å². The molecule has 88 valence electrons. The van der Waals surface area contributed by atoms with Crippen LogP contribution in [0.5, 0.6) is 0 Å². The monoisotopic (exact) mass is 233 g/mol. The summed E-state index contributed by atoms with van der Waals surface area (Å²) < 4.78 is 1.55. The first kappa shape index (κ1) is 11.2. The number of carbonyl (C=O) groups is 1. The predicted octanol–water partition coefficient (Wildman–Crippen LogP) is 0.289. The van der Waals surface area contributed by atoms with Crippen molar-refractivity contribution in [3.8, 4) is 11.6 Å². The predicted molar refractivity (Wildman–Crippen MR) is 58.0 cm³/mol. The molecule has 7 nitrogen and oxygen atoms in total. The van der Waals surface area contributed by atoms with Gasteiger partial charge in [0.25, 0.3) is 0 Å². The molecule has 0 spiro atoms. The summed E-state index contributed by atoms with van der Waals surface area (Å²) in [7, 11) is 1.73. The van der Waals surface area contributed by atoms with E-state index in [1.165, 1.54) is 0 Å². The third-order valence-corrected chi connectivity index (χ3v) is 2.14. The van der Waals surface area contributed by atoms with Crippen molar-refractivity contribution in [1.29, 1.82) is 0 Å². The molecule has 0 amide bonds. The number of aryl methyl sites for hydroxylation is 2. The molecule has 1 N–H and O–H groups in total. The van der Waals surface area contributed by atoms with Crippen molar-refractivity contribution in [2.45, 2.75) is 12.8 Å². The molecule has 0 saturated heterocycles. The molecule has 2 aromatic heterocycles. The van der Waals surface area contributed by atoms with E-state index in [0.717, 1.165) is 0 Å². The summed E-state index contributed by atoms with van der Waals surface area (Å²) in [5, 5.41) is 12.7. The summed E-state index contributed by atoms with van der Waals surface area (Å²) in [5.41, 5.74) is 0. The molecule has 0 aliphatic carbocycles. The summed E-state index contributed by atoms with van der Waals surface area (Å²) in [6, 6.07) is 1.71. The second-order valence-electron chi connectivity index (χ2n) is 3.44. The number of carboxylic acid groups (broad SMARTS) is 1. The summed E-state index contributed by atoms with van der Waals surface area (Å²) in [5.74, 6) is 0.627. The van der Waals surface area contributed by atoms with Crippen molar-refractivity contribution in [1.82, 2.24) is 24.7 Å². The highest BCUT2D eigenvalue weighted by Crippen LogP contribution is 2.10. The zero-order valence-corrected chi connectivity index (χ0v) is 9.24. The van der Waals surface area contributed by atoms with Gasteiger partial charge in [-0.1, -0.05) is 0 Å². The Kier molecular flexibility index (Phi) is 3.08. The van der Waals surface area contributed by atoms with Crippen LogP contribution in [0.2, 0.25) is 0 Å². The van der Waals surface area contributed by atoms with Gasteiger partial charge in [-0.3, -0.25) is 4.79 Å². The van der Waals surface area contributed by atoms with Gasteiger partial charge in [-0.25, -0.2) is 19.6 Å². The van der Waals surface area contributed by atoms with Gasteiger partial charge < -0.3 is 5.11 Å². The third kappa shape index (κ3) is 2.63. The summed E-state index contributed by atoms with van der Waals surface area (Å²) in [4.78, 5) is 22.8. The highest BCUT2D eigenvalue weighted by atomic mass is 16.4. The Morgan fingerprint density at radius 1 is 1.41 bits per heavy atom. The molecular formula is C10H11N5O2. The number of hydrogen-bond donors (Lipinski definition) is 1. The van der Waals surface area contributed by atoms with Crippen molar-refractivity contribution in [3.63, 3.8) is 0 Å². The smallest absolute Gasteiger partial charge is 0.303 e. The molecule has 0 atom stereocenters. The fraction of sp³-hybridized carbons (Fsp3) is 0.300. The summed E-state index contributed by atoms with van der Waals surface area (Å²) >= 11 is 0. The lowest BCUT2D eigenvalue weighted by Gasteiger charge is -1.95. The lowest BCUT2D eigenvalue weighted by molar-refractivity contribution is -0.137. The molecule has 0 aromatic carbocycles. The minimum absolute atomic E-state index is 0.0130. The normalized spacial score (nSPS) is 10.4. The van der Waals surface area contributed by atoms with E-state index < -0.39 is 5.97 Å². The van der Waals surface area contributed by atoms with Crippen molar-refractivity contribution in [2.24, 2.45) is 7.05 Å². The van der Waals surface area contributed by atoms with Crippen LogP contribution >= 0.6 is 0 Å². The number of aromatic nitrogens is 5. The molecule has 0 aliphatic rings. The van der Waals surface area contributed by atoms with Crippen LogP contribution in [-0.4, -0.2) is 35.8 Å². The number of aliphatic carboxylic acids is 1. The number of nitrogens with zero attached hydrogens (tertiary/aromatic N) is 5. The molecule has 0 bridgehead atoms. The Bertz CT molecular complexity index is 523. The van der Waals surface area contributed by atoms with Crippen molar-refractivity contribution >= 4 is 5.97 Å². The SMILES string of the molecule is Cn1nc(CCC(=O)O)nc1-c1ncccn1. The first-order valence-electron chi connectivity index (χ1n) is 5.06. The molecule has 2 heterocycles. The average Bonchev–Trinajstić information content (AvgIpc) is 2.69. The molecule has 2 aromatic rings. The molecule has 0 fully saturated rings. The van der Waals surface area contributed by atoms with E-state index in [4.69, 9.17) is 5.11 Å². The third-order valence-electron chi connectivity index (χ3n) is 2.14. The molecule has 0 saturated carbocycles. The maximum Gasteiger partial charge on any atom is 0.303 e. The van der Waals surface area contributed by atoms with Crippen LogP contribution in [0.1, 0.15) is 12.2 Å². The Labute approximate surface area is 97.2 Å². The van der Waals surface area contributed by atoms with Crippen LogP contribution in [0.4, 0.5) is 0 Å². The molecular weight excluding hydrogens is 222 g/mol. The van der Waals surface area contributed by atoms with Crippen LogP contribution < -0.4 is 0 Å². The van der Waals surface area contributed by atoms with Crippen LogP contribution in [0.3, 0.4) is 0 Å². The van der Waals surface area contributed by atoms with Crippen molar-refractivity contribution in [2.75, 3.05) is 0 Å². The fourth-order valence-electron chi connectivity index (χ4n) is 1.37. The Morgan fingerprint density at radius 3 is 2.76 bits per heavy atom. The molecule has 0 aliphatic heterocycles. The number of rotatable bonds is 4. The van der Waals surface area contributed by atoms with E-state index in [2.05, 4.69) is 20.1 Å². The van der Waals surface area contributed by atoms with E-state index in [0.29, 0.717) is 23.9 Å². The fourth-order valence-corrected chi connectivity index (χ4v) is 1.37. The van der Waals surface area contributed by atoms with Gasteiger partial charge in [0.05, 0.1) is 6.42 Å². The van der Waals surface area contributed by atoms with E-state index >= 15 is 0 Å². The van der Waals surface area contributed by atoms with Gasteiger partial charge >= 0.3 is 5.97 Å². The zero-order valence-electron chi connectivity index (χ0n) is 9.24. The number of hydrogen-bond acceptors (Lipinski definition) is 5. The van der Waals surface area contributed by atoms with E-state index in [1.54, 1.807) is 30.2 Å². The van der Waals surface area contributed by atoms with Gasteiger partial charge in [-0.2, -0.15) is 5.10 Å². The van der Waals surface area contributed by atoms with Crippen molar-refractivity contribution < 1.29 is 9.90 Å². The zero-order chi connectivity index (χ0) is 12.3. The topological polar surface area (TPSA) is 93.8 Å². The Balaban J connectivity index is 2.22. The standard InChI is InChI=1S/C10H11N5O2/c1-15-10(9-11-5-2-6-12-9)13-7(14-15)3-4-8(16)17/h2,5-6H,3-4H2,1H3,(H,16,17). The Morgan fingerprint density at radius 2 is 2.12 bits per heavy atom. The average molecular weight is 233 g/mol. The largest absolute Gasteiger partial charge is 0.481 e. The second kappa shape index (κ2) is 4.69. The summed E-state index contributed by atoms with van der Waals surface area (Å²) in [6.07, 6.45) is 3.55. The number of carboxylic acids is 1. The lowest BCUT2D eigenvalue weighted by atomic mass is 10.3. The van der Waals surface area contributed by atoms with Crippen LogP contribution in [0.25, 0.3) is 11.6 Å². The second-order valence-corrected chi connectivity index (χ2v) is 3.44. The van der Waals surface area contributed by atoms with Gasteiger partial charge in [0.1, 0.15) is 0 Å². The van der Waals surface area contributed by atoms with E-state index in [1.807, 2.05) is 0 Å². The molecule has 17 heavy (non-hydrogen) atoms. The maximum absolute atomic E-state index is 10.4. The first-order valence-corrected chi connectivity index (χ1v) is 5.06.